The van der Waals surface area contributed by atoms with E-state index in [1.54, 1.807) is 4.90 Å². The van der Waals surface area contributed by atoms with Gasteiger partial charge >= 0.3 is 0 Å². The molecule has 0 heterocycles. The highest BCUT2D eigenvalue weighted by Gasteiger charge is 2.18. The van der Waals surface area contributed by atoms with Crippen molar-refractivity contribution in [3.63, 3.8) is 0 Å². The smallest absolute Gasteiger partial charge is 0.260 e. The molecular formula is C18H22N2O. The third-order valence-electron chi connectivity index (χ3n) is 3.43. The molecule has 2 rings (SSSR count). The zero-order valence-corrected chi connectivity index (χ0v) is 12.9. The average Bonchev–Trinajstić information content (AvgIpc) is 2.50. The summed E-state index contributed by atoms with van der Waals surface area (Å²) in [6.07, 6.45) is 0. The van der Waals surface area contributed by atoms with E-state index in [2.05, 4.69) is 5.32 Å². The van der Waals surface area contributed by atoms with Crippen molar-refractivity contribution in [2.24, 2.45) is 0 Å². The molecular weight excluding hydrogens is 260 g/mol. The second kappa shape index (κ2) is 6.93. The van der Waals surface area contributed by atoms with Gasteiger partial charge in [0.05, 0.1) is 5.56 Å². The molecule has 110 valence electrons. The molecule has 0 spiro atoms. The highest BCUT2D eigenvalue weighted by molar-refractivity contribution is 6.09. The molecule has 0 aliphatic carbocycles. The highest BCUT2D eigenvalue weighted by atomic mass is 16.2. The van der Waals surface area contributed by atoms with E-state index in [-0.39, 0.29) is 5.91 Å². The molecule has 0 radical (unpaired) electrons. The minimum absolute atomic E-state index is 0.0258. The zero-order valence-electron chi connectivity index (χ0n) is 12.9. The van der Waals surface area contributed by atoms with Gasteiger partial charge in [0.25, 0.3) is 5.91 Å². The molecule has 0 aliphatic heterocycles. The Kier molecular flexibility index (Phi) is 4.99. The van der Waals surface area contributed by atoms with Crippen molar-refractivity contribution in [2.75, 3.05) is 23.3 Å². The van der Waals surface area contributed by atoms with Crippen LogP contribution in [0.1, 0.15) is 29.8 Å². The molecule has 0 bridgehead atoms. The average molecular weight is 282 g/mol. The number of hydrogen-bond acceptors (Lipinski definition) is 2. The van der Waals surface area contributed by atoms with Crippen LogP contribution in [0, 0.1) is 6.92 Å². The van der Waals surface area contributed by atoms with Crippen LogP contribution in [-0.2, 0) is 0 Å². The lowest BCUT2D eigenvalue weighted by Gasteiger charge is -2.22. The van der Waals surface area contributed by atoms with Gasteiger partial charge in [0, 0.05) is 24.5 Å². The number of rotatable bonds is 5. The van der Waals surface area contributed by atoms with Crippen molar-refractivity contribution >= 4 is 17.3 Å². The Morgan fingerprint density at radius 3 is 2.33 bits per heavy atom. The fraction of sp³-hybridized carbons (Fsp3) is 0.278. The molecule has 3 heteroatoms. The van der Waals surface area contributed by atoms with Crippen molar-refractivity contribution < 1.29 is 4.79 Å². The second-order valence-corrected chi connectivity index (χ2v) is 4.96. The third-order valence-corrected chi connectivity index (χ3v) is 3.43. The summed E-state index contributed by atoms with van der Waals surface area (Å²) in [6.45, 7) is 7.50. The number of aryl methyl sites for hydroxylation is 1. The minimum atomic E-state index is 0.0258. The van der Waals surface area contributed by atoms with E-state index >= 15 is 0 Å². The number of carbonyl (C=O) groups excluding carboxylic acids is 1. The quantitative estimate of drug-likeness (QED) is 0.895. The van der Waals surface area contributed by atoms with Crippen molar-refractivity contribution in [2.45, 2.75) is 20.8 Å². The van der Waals surface area contributed by atoms with E-state index in [0.29, 0.717) is 12.1 Å². The Bertz CT molecular complexity index is 605. The first kappa shape index (κ1) is 15.1. The lowest BCUT2D eigenvalue weighted by molar-refractivity contribution is 0.0989. The minimum Gasteiger partial charge on any atom is -0.385 e. The zero-order chi connectivity index (χ0) is 15.2. The fourth-order valence-electron chi connectivity index (χ4n) is 2.33. The molecule has 1 N–H and O–H groups in total. The predicted molar refractivity (Wildman–Crippen MR) is 89.1 cm³/mol. The van der Waals surface area contributed by atoms with Crippen LogP contribution in [0.2, 0.25) is 0 Å². The maximum atomic E-state index is 12.8. The van der Waals surface area contributed by atoms with Gasteiger partial charge in [0.2, 0.25) is 0 Å². The topological polar surface area (TPSA) is 32.3 Å². The van der Waals surface area contributed by atoms with E-state index in [1.165, 1.54) is 5.56 Å². The van der Waals surface area contributed by atoms with E-state index in [0.717, 1.165) is 17.9 Å². The number of benzene rings is 2. The standard InChI is InChI=1S/C18H22N2O/c1-4-19-17-9-7-6-8-16(17)18(21)20(5-2)15-12-10-14(3)11-13-15/h6-13,19H,4-5H2,1-3H3. The van der Waals surface area contributed by atoms with Gasteiger partial charge in [-0.15, -0.1) is 0 Å². The molecule has 0 saturated carbocycles. The molecule has 0 atom stereocenters. The SMILES string of the molecule is CCNc1ccccc1C(=O)N(CC)c1ccc(C)cc1. The molecule has 1 amide bonds. The Balaban J connectivity index is 2.34. The monoisotopic (exact) mass is 282 g/mol. The highest BCUT2D eigenvalue weighted by Crippen LogP contribution is 2.22. The van der Waals surface area contributed by atoms with Crippen LogP contribution in [0.5, 0.6) is 0 Å². The largest absolute Gasteiger partial charge is 0.385 e. The van der Waals surface area contributed by atoms with E-state index in [1.807, 2.05) is 69.3 Å². The molecule has 21 heavy (non-hydrogen) atoms. The summed E-state index contributed by atoms with van der Waals surface area (Å²) in [4.78, 5) is 14.6. The Morgan fingerprint density at radius 1 is 1.05 bits per heavy atom. The summed E-state index contributed by atoms with van der Waals surface area (Å²) in [7, 11) is 0. The third kappa shape index (κ3) is 3.43. The predicted octanol–water partition coefficient (Wildman–Crippen LogP) is 4.09. The van der Waals surface area contributed by atoms with Crippen molar-refractivity contribution in [1.82, 2.24) is 0 Å². The molecule has 0 aromatic heterocycles. The lowest BCUT2D eigenvalue weighted by Crippen LogP contribution is -2.31. The summed E-state index contributed by atoms with van der Waals surface area (Å²) >= 11 is 0. The van der Waals surface area contributed by atoms with Crippen LogP contribution in [0.3, 0.4) is 0 Å². The molecule has 0 fully saturated rings. The van der Waals surface area contributed by atoms with E-state index in [9.17, 15) is 4.79 Å². The Morgan fingerprint density at radius 2 is 1.71 bits per heavy atom. The number of carbonyl (C=O) groups is 1. The summed E-state index contributed by atoms with van der Waals surface area (Å²) in [5.74, 6) is 0.0258. The van der Waals surface area contributed by atoms with Crippen LogP contribution in [0.25, 0.3) is 0 Å². The van der Waals surface area contributed by atoms with Crippen LogP contribution in [-0.4, -0.2) is 19.0 Å². The van der Waals surface area contributed by atoms with Gasteiger partial charge in [-0.25, -0.2) is 0 Å². The van der Waals surface area contributed by atoms with Crippen LogP contribution in [0.4, 0.5) is 11.4 Å². The van der Waals surface area contributed by atoms with Gasteiger partial charge in [-0.05, 0) is 45.0 Å². The number of hydrogen-bond donors (Lipinski definition) is 1. The molecule has 2 aromatic rings. The van der Waals surface area contributed by atoms with Gasteiger partial charge in [0.1, 0.15) is 0 Å². The number of anilines is 2. The van der Waals surface area contributed by atoms with Gasteiger partial charge in [0.15, 0.2) is 0 Å². The van der Waals surface area contributed by atoms with Crippen molar-refractivity contribution in [3.05, 3.63) is 59.7 Å². The van der Waals surface area contributed by atoms with Crippen LogP contribution < -0.4 is 10.2 Å². The normalized spacial score (nSPS) is 10.2. The maximum Gasteiger partial charge on any atom is 0.260 e. The van der Waals surface area contributed by atoms with E-state index in [4.69, 9.17) is 0 Å². The van der Waals surface area contributed by atoms with Crippen molar-refractivity contribution in [1.29, 1.82) is 0 Å². The lowest BCUT2D eigenvalue weighted by atomic mass is 10.1. The number of nitrogens with one attached hydrogen (secondary N) is 1. The van der Waals surface area contributed by atoms with Gasteiger partial charge < -0.3 is 10.2 Å². The number of para-hydroxylation sites is 1. The second-order valence-electron chi connectivity index (χ2n) is 4.96. The molecule has 0 saturated heterocycles. The first-order chi connectivity index (χ1) is 10.2. The fourth-order valence-corrected chi connectivity index (χ4v) is 2.33. The van der Waals surface area contributed by atoms with Crippen molar-refractivity contribution in [3.8, 4) is 0 Å². The number of amides is 1. The molecule has 0 aliphatic rings. The van der Waals surface area contributed by atoms with Gasteiger partial charge in [-0.3, -0.25) is 4.79 Å². The summed E-state index contributed by atoms with van der Waals surface area (Å²) < 4.78 is 0. The summed E-state index contributed by atoms with van der Waals surface area (Å²) in [5.41, 5.74) is 3.71. The molecule has 3 nitrogen and oxygen atoms in total. The van der Waals surface area contributed by atoms with Gasteiger partial charge in [-0.2, -0.15) is 0 Å². The number of nitrogens with zero attached hydrogens (tertiary/aromatic N) is 1. The summed E-state index contributed by atoms with van der Waals surface area (Å²) in [5, 5.41) is 3.25. The molecule has 2 aromatic carbocycles. The molecule has 0 unspecified atom stereocenters. The van der Waals surface area contributed by atoms with E-state index < -0.39 is 0 Å². The first-order valence-electron chi connectivity index (χ1n) is 7.38. The maximum absolute atomic E-state index is 12.8. The Labute approximate surface area is 126 Å². The summed E-state index contributed by atoms with van der Waals surface area (Å²) in [6, 6.07) is 15.7. The van der Waals surface area contributed by atoms with Crippen LogP contribution >= 0.6 is 0 Å². The van der Waals surface area contributed by atoms with Gasteiger partial charge in [-0.1, -0.05) is 29.8 Å². The first-order valence-corrected chi connectivity index (χ1v) is 7.38. The Hall–Kier alpha value is -2.29. The van der Waals surface area contributed by atoms with Crippen LogP contribution in [0.15, 0.2) is 48.5 Å².